The molecule has 3 aromatic carbocycles. The molecular formula is C32H28N2O7. The highest BCUT2D eigenvalue weighted by Crippen LogP contribution is 2.61. The first kappa shape index (κ1) is 26.4. The zero-order chi connectivity index (χ0) is 28.7. The van der Waals surface area contributed by atoms with Crippen molar-refractivity contribution in [3.05, 3.63) is 95.6 Å². The SMILES string of the molecule is COC(=O)c1ccc(NC(=O)COC(=O)c2ccc(N3C(=O)[C@@H]4[C@@H]5C[C@@H]([C@H]4C3=O)[C@@H](c3ccccc3)C5)cc2)cc1. The molecule has 0 unspecified atom stereocenters. The molecule has 3 fully saturated rings. The molecule has 41 heavy (non-hydrogen) atoms. The van der Waals surface area contributed by atoms with E-state index in [0.717, 1.165) is 12.8 Å². The lowest BCUT2D eigenvalue weighted by molar-refractivity contribution is -0.123. The summed E-state index contributed by atoms with van der Waals surface area (Å²) in [5.74, 6) is -2.05. The summed E-state index contributed by atoms with van der Waals surface area (Å²) in [6.45, 7) is -0.517. The van der Waals surface area contributed by atoms with Gasteiger partial charge in [-0.05, 0) is 84.7 Å². The summed E-state index contributed by atoms with van der Waals surface area (Å²) < 4.78 is 9.77. The first-order chi connectivity index (χ1) is 19.9. The van der Waals surface area contributed by atoms with Crippen LogP contribution in [0.1, 0.15) is 45.0 Å². The second kappa shape index (κ2) is 10.6. The van der Waals surface area contributed by atoms with Crippen LogP contribution in [0.25, 0.3) is 0 Å². The molecule has 1 aliphatic heterocycles. The Kier molecular flexibility index (Phi) is 6.86. The van der Waals surface area contributed by atoms with Crippen molar-refractivity contribution in [3.63, 3.8) is 0 Å². The number of anilines is 2. The van der Waals surface area contributed by atoms with Gasteiger partial charge in [-0.2, -0.15) is 0 Å². The van der Waals surface area contributed by atoms with E-state index in [9.17, 15) is 24.0 Å². The summed E-state index contributed by atoms with van der Waals surface area (Å²) in [7, 11) is 1.28. The highest BCUT2D eigenvalue weighted by Gasteiger charge is 2.64. The number of esters is 2. The van der Waals surface area contributed by atoms with Crippen molar-refractivity contribution in [2.45, 2.75) is 18.8 Å². The molecule has 208 valence electrons. The van der Waals surface area contributed by atoms with Gasteiger partial charge in [0.2, 0.25) is 11.8 Å². The number of rotatable bonds is 7. The Morgan fingerprint density at radius 3 is 2.12 bits per heavy atom. The number of nitrogens with one attached hydrogen (secondary N) is 1. The van der Waals surface area contributed by atoms with Crippen LogP contribution in [-0.4, -0.2) is 43.4 Å². The fraction of sp³-hybridized carbons (Fsp3) is 0.281. The van der Waals surface area contributed by atoms with Gasteiger partial charge in [-0.15, -0.1) is 0 Å². The van der Waals surface area contributed by atoms with Crippen LogP contribution in [0, 0.1) is 23.7 Å². The second-order valence-corrected chi connectivity index (χ2v) is 10.7. The Bertz CT molecular complexity index is 1520. The number of carbonyl (C=O) groups excluding carboxylic acids is 5. The third-order valence-electron chi connectivity index (χ3n) is 8.53. The van der Waals surface area contributed by atoms with Crippen molar-refractivity contribution in [2.75, 3.05) is 23.9 Å². The first-order valence-corrected chi connectivity index (χ1v) is 13.5. The van der Waals surface area contributed by atoms with Crippen LogP contribution >= 0.6 is 0 Å². The molecule has 0 spiro atoms. The smallest absolute Gasteiger partial charge is 0.338 e. The zero-order valence-electron chi connectivity index (χ0n) is 22.3. The molecule has 9 nitrogen and oxygen atoms in total. The van der Waals surface area contributed by atoms with Gasteiger partial charge in [0.05, 0.1) is 35.8 Å². The van der Waals surface area contributed by atoms with E-state index in [-0.39, 0.29) is 47.0 Å². The normalized spacial score (nSPS) is 24.2. The van der Waals surface area contributed by atoms with Gasteiger partial charge in [-0.1, -0.05) is 30.3 Å². The minimum absolute atomic E-state index is 0.153. The maximum absolute atomic E-state index is 13.5. The van der Waals surface area contributed by atoms with Gasteiger partial charge >= 0.3 is 11.9 Å². The predicted molar refractivity (Wildman–Crippen MR) is 148 cm³/mol. The largest absolute Gasteiger partial charge is 0.465 e. The number of nitrogens with zero attached hydrogens (tertiary/aromatic N) is 1. The molecule has 3 aromatic rings. The molecular weight excluding hydrogens is 524 g/mol. The van der Waals surface area contributed by atoms with Gasteiger partial charge in [-0.3, -0.25) is 19.3 Å². The average Bonchev–Trinajstić information content (AvgIpc) is 3.67. The van der Waals surface area contributed by atoms with Crippen LogP contribution < -0.4 is 10.2 Å². The standard InChI is InChI=1S/C32H28N2O7/c1-40-31(38)19-7-11-22(12-8-19)33-26(35)17-41-32(39)20-9-13-23(14-10-20)34-29(36)27-21-15-24(18-5-3-2-4-6-18)25(16-21)28(27)30(34)37/h2-14,21,24-25,27-28H,15-17H2,1H3,(H,33,35)/t21-,24+,25+,27+,28+/m0/s1. The van der Waals surface area contributed by atoms with Crippen molar-refractivity contribution in [3.8, 4) is 0 Å². The maximum Gasteiger partial charge on any atom is 0.338 e. The third kappa shape index (κ3) is 4.77. The van der Waals surface area contributed by atoms with E-state index in [1.54, 1.807) is 12.1 Å². The topological polar surface area (TPSA) is 119 Å². The number of hydrogen-bond acceptors (Lipinski definition) is 7. The van der Waals surface area contributed by atoms with E-state index < -0.39 is 24.5 Å². The Morgan fingerprint density at radius 2 is 1.44 bits per heavy atom. The second-order valence-electron chi connectivity index (χ2n) is 10.7. The molecule has 3 aliphatic rings. The number of fused-ring (bicyclic) bond motifs is 5. The van der Waals surface area contributed by atoms with Gasteiger partial charge in [0, 0.05) is 5.69 Å². The molecule has 3 amide bonds. The molecule has 5 atom stereocenters. The van der Waals surface area contributed by atoms with Crippen molar-refractivity contribution < 1.29 is 33.4 Å². The zero-order valence-corrected chi connectivity index (χ0v) is 22.3. The van der Waals surface area contributed by atoms with Gasteiger partial charge < -0.3 is 14.8 Å². The number of hydrogen-bond donors (Lipinski definition) is 1. The van der Waals surface area contributed by atoms with Crippen LogP contribution in [-0.2, 0) is 23.9 Å². The summed E-state index contributed by atoms with van der Waals surface area (Å²) in [5.41, 5.74) is 2.60. The molecule has 0 radical (unpaired) electrons. The first-order valence-electron chi connectivity index (χ1n) is 13.5. The minimum Gasteiger partial charge on any atom is -0.465 e. The van der Waals surface area contributed by atoms with E-state index in [2.05, 4.69) is 22.2 Å². The van der Waals surface area contributed by atoms with E-state index in [0.29, 0.717) is 16.9 Å². The minimum atomic E-state index is -0.715. The average molecular weight is 553 g/mol. The molecule has 2 saturated carbocycles. The lowest BCUT2D eigenvalue weighted by atomic mass is 9.73. The fourth-order valence-corrected chi connectivity index (χ4v) is 6.76. The molecule has 0 aromatic heterocycles. The molecule has 6 rings (SSSR count). The molecule has 2 aliphatic carbocycles. The van der Waals surface area contributed by atoms with Crippen LogP contribution in [0.15, 0.2) is 78.9 Å². The van der Waals surface area contributed by atoms with Crippen LogP contribution in [0.5, 0.6) is 0 Å². The molecule has 9 heteroatoms. The molecule has 1 saturated heterocycles. The summed E-state index contributed by atoms with van der Waals surface area (Å²) in [5, 5.41) is 2.58. The quantitative estimate of drug-likeness (QED) is 0.345. The molecule has 1 heterocycles. The Hall–Kier alpha value is -4.79. The summed E-state index contributed by atoms with van der Waals surface area (Å²) >= 11 is 0. The van der Waals surface area contributed by atoms with E-state index in [4.69, 9.17) is 4.74 Å². The molecule has 2 bridgehead atoms. The number of carbonyl (C=O) groups is 5. The van der Waals surface area contributed by atoms with Crippen molar-refractivity contribution in [1.29, 1.82) is 0 Å². The van der Waals surface area contributed by atoms with Crippen molar-refractivity contribution >= 4 is 41.0 Å². The fourth-order valence-electron chi connectivity index (χ4n) is 6.76. The van der Waals surface area contributed by atoms with Gasteiger partial charge in [-0.25, -0.2) is 9.59 Å². The van der Waals surface area contributed by atoms with Gasteiger partial charge in [0.15, 0.2) is 6.61 Å². The monoisotopic (exact) mass is 552 g/mol. The number of amides is 3. The Labute approximate surface area is 236 Å². The van der Waals surface area contributed by atoms with Crippen LogP contribution in [0.3, 0.4) is 0 Å². The lowest BCUT2D eigenvalue weighted by Gasteiger charge is -2.28. The Balaban J connectivity index is 1.06. The Morgan fingerprint density at radius 1 is 0.805 bits per heavy atom. The van der Waals surface area contributed by atoms with Gasteiger partial charge in [0.1, 0.15) is 0 Å². The predicted octanol–water partition coefficient (Wildman–Crippen LogP) is 4.20. The summed E-state index contributed by atoms with van der Waals surface area (Å²) in [4.78, 5) is 64.5. The number of ether oxygens (including phenoxy) is 2. The lowest BCUT2D eigenvalue weighted by Crippen LogP contribution is -2.33. The number of methoxy groups -OCH3 is 1. The maximum atomic E-state index is 13.5. The number of benzene rings is 3. The summed E-state index contributed by atoms with van der Waals surface area (Å²) in [6, 6.07) is 22.4. The van der Waals surface area contributed by atoms with Crippen LogP contribution in [0.4, 0.5) is 11.4 Å². The van der Waals surface area contributed by atoms with Crippen LogP contribution in [0.2, 0.25) is 0 Å². The van der Waals surface area contributed by atoms with Crippen molar-refractivity contribution in [1.82, 2.24) is 0 Å². The summed E-state index contributed by atoms with van der Waals surface area (Å²) in [6.07, 6.45) is 1.82. The third-order valence-corrected chi connectivity index (χ3v) is 8.53. The van der Waals surface area contributed by atoms with E-state index >= 15 is 0 Å². The van der Waals surface area contributed by atoms with E-state index in [1.807, 2.05) is 18.2 Å². The highest BCUT2D eigenvalue weighted by molar-refractivity contribution is 6.22. The van der Waals surface area contributed by atoms with E-state index in [1.165, 1.54) is 54.0 Å². The van der Waals surface area contributed by atoms with Gasteiger partial charge in [0.25, 0.3) is 5.91 Å². The number of imide groups is 1. The highest BCUT2D eigenvalue weighted by atomic mass is 16.5. The van der Waals surface area contributed by atoms with Crippen molar-refractivity contribution in [2.24, 2.45) is 23.7 Å². The molecule has 1 N–H and O–H groups in total.